The van der Waals surface area contributed by atoms with Crippen LogP contribution >= 0.6 is 0 Å². The van der Waals surface area contributed by atoms with E-state index in [2.05, 4.69) is 9.97 Å². The molecule has 0 spiro atoms. The summed E-state index contributed by atoms with van der Waals surface area (Å²) in [4.78, 5) is 9.21. The van der Waals surface area contributed by atoms with E-state index in [1.54, 1.807) is 24.3 Å². The average molecular weight is 347 g/mol. The Hall–Kier alpha value is -1.99. The molecule has 1 atom stereocenters. The largest absolute Gasteiger partial charge is 0.497 e. The van der Waals surface area contributed by atoms with Crippen LogP contribution in [0.5, 0.6) is 5.75 Å². The first-order valence-electron chi connectivity index (χ1n) is 7.86. The summed E-state index contributed by atoms with van der Waals surface area (Å²) < 4.78 is 32.3. The maximum atomic E-state index is 12.8. The molecule has 0 saturated carbocycles. The van der Waals surface area contributed by atoms with Gasteiger partial charge >= 0.3 is 0 Å². The van der Waals surface area contributed by atoms with Gasteiger partial charge in [-0.3, -0.25) is 0 Å². The van der Waals surface area contributed by atoms with Crippen molar-refractivity contribution in [3.63, 3.8) is 0 Å². The van der Waals surface area contributed by atoms with Crippen molar-refractivity contribution in [2.24, 2.45) is 0 Å². The number of nitrogens with zero attached hydrogens (tertiary/aromatic N) is 3. The van der Waals surface area contributed by atoms with Crippen molar-refractivity contribution in [3.05, 3.63) is 47.5 Å². The number of sulfonamides is 1. The van der Waals surface area contributed by atoms with Crippen molar-refractivity contribution in [1.29, 1.82) is 0 Å². The van der Waals surface area contributed by atoms with Crippen LogP contribution in [0.1, 0.15) is 29.6 Å². The Morgan fingerprint density at radius 3 is 2.54 bits per heavy atom. The molecule has 1 aromatic heterocycles. The summed E-state index contributed by atoms with van der Waals surface area (Å²) in [5.41, 5.74) is 1.82. The van der Waals surface area contributed by atoms with E-state index in [0.29, 0.717) is 18.8 Å². The molecular formula is C17H21N3O3S. The molecule has 0 amide bonds. The maximum absolute atomic E-state index is 12.8. The van der Waals surface area contributed by atoms with E-state index in [1.807, 2.05) is 19.9 Å². The van der Waals surface area contributed by atoms with E-state index in [-0.39, 0.29) is 10.8 Å². The van der Waals surface area contributed by atoms with E-state index >= 15 is 0 Å². The molecule has 1 saturated heterocycles. The lowest BCUT2D eigenvalue weighted by atomic mass is 10.1. The fourth-order valence-electron chi connectivity index (χ4n) is 3.00. The zero-order valence-electron chi connectivity index (χ0n) is 14.1. The third-order valence-electron chi connectivity index (χ3n) is 4.19. The normalized spacial score (nSPS) is 18.7. The summed E-state index contributed by atoms with van der Waals surface area (Å²) in [5.74, 6) is 1.30. The zero-order chi connectivity index (χ0) is 17.3. The first-order chi connectivity index (χ1) is 11.4. The molecule has 1 aliphatic heterocycles. The Balaban J connectivity index is 1.83. The molecule has 0 radical (unpaired) electrons. The van der Waals surface area contributed by atoms with Crippen LogP contribution in [-0.4, -0.2) is 42.9 Å². The number of benzene rings is 1. The van der Waals surface area contributed by atoms with Gasteiger partial charge in [0.2, 0.25) is 10.0 Å². The van der Waals surface area contributed by atoms with Crippen molar-refractivity contribution in [2.45, 2.75) is 31.1 Å². The van der Waals surface area contributed by atoms with Gasteiger partial charge in [0.15, 0.2) is 0 Å². The minimum atomic E-state index is -3.53. The SMILES string of the molecule is COc1cccc(S(=O)(=O)N2CC[C@@H](c3nc(C)cc(C)n3)C2)c1. The van der Waals surface area contributed by atoms with Gasteiger partial charge in [-0.2, -0.15) is 4.31 Å². The molecule has 7 heteroatoms. The van der Waals surface area contributed by atoms with E-state index in [1.165, 1.54) is 11.4 Å². The molecule has 24 heavy (non-hydrogen) atoms. The Kier molecular flexibility index (Phi) is 4.56. The molecule has 1 fully saturated rings. The lowest BCUT2D eigenvalue weighted by Gasteiger charge is -2.17. The predicted molar refractivity (Wildman–Crippen MR) is 90.6 cm³/mol. The highest BCUT2D eigenvalue weighted by Gasteiger charge is 2.34. The average Bonchev–Trinajstić information content (AvgIpc) is 3.05. The maximum Gasteiger partial charge on any atom is 0.243 e. The molecule has 6 nitrogen and oxygen atoms in total. The molecule has 0 aliphatic carbocycles. The summed E-state index contributed by atoms with van der Waals surface area (Å²) in [7, 11) is -2.01. The topological polar surface area (TPSA) is 72.4 Å². The van der Waals surface area contributed by atoms with Crippen LogP contribution < -0.4 is 4.74 Å². The summed E-state index contributed by atoms with van der Waals surface area (Å²) >= 11 is 0. The molecule has 1 aromatic carbocycles. The number of aromatic nitrogens is 2. The van der Waals surface area contributed by atoms with Crippen LogP contribution in [0.2, 0.25) is 0 Å². The van der Waals surface area contributed by atoms with E-state index in [4.69, 9.17) is 4.74 Å². The number of rotatable bonds is 4. The standard InChI is InChI=1S/C17H21N3O3S/c1-12-9-13(2)19-17(18-12)14-7-8-20(11-14)24(21,22)16-6-4-5-15(10-16)23-3/h4-6,9-10,14H,7-8,11H2,1-3H3/t14-/m1/s1. The summed E-state index contributed by atoms with van der Waals surface area (Å²) in [5, 5.41) is 0. The first kappa shape index (κ1) is 16.9. The Morgan fingerprint density at radius 2 is 1.88 bits per heavy atom. The van der Waals surface area contributed by atoms with Gasteiger partial charge in [0.25, 0.3) is 0 Å². The summed E-state index contributed by atoms with van der Waals surface area (Å²) in [6, 6.07) is 8.49. The monoisotopic (exact) mass is 347 g/mol. The van der Waals surface area contributed by atoms with Gasteiger partial charge in [0.05, 0.1) is 12.0 Å². The highest BCUT2D eigenvalue weighted by Crippen LogP contribution is 2.30. The minimum Gasteiger partial charge on any atom is -0.497 e. The van der Waals surface area contributed by atoms with Gasteiger partial charge < -0.3 is 4.74 Å². The van der Waals surface area contributed by atoms with Crippen LogP contribution in [0.4, 0.5) is 0 Å². The third kappa shape index (κ3) is 3.27. The lowest BCUT2D eigenvalue weighted by Crippen LogP contribution is -2.28. The fraction of sp³-hybridized carbons (Fsp3) is 0.412. The molecule has 0 bridgehead atoms. The van der Waals surface area contributed by atoms with Gasteiger partial charge in [-0.1, -0.05) is 6.07 Å². The van der Waals surface area contributed by atoms with Crippen molar-refractivity contribution >= 4 is 10.0 Å². The molecule has 2 heterocycles. The van der Waals surface area contributed by atoms with Crippen LogP contribution in [0.25, 0.3) is 0 Å². The third-order valence-corrected chi connectivity index (χ3v) is 6.06. The summed E-state index contributed by atoms with van der Waals surface area (Å²) in [6.07, 6.45) is 0.728. The second-order valence-corrected chi connectivity index (χ2v) is 7.97. The lowest BCUT2D eigenvalue weighted by molar-refractivity contribution is 0.412. The van der Waals surface area contributed by atoms with Gasteiger partial charge in [0, 0.05) is 36.5 Å². The second-order valence-electron chi connectivity index (χ2n) is 6.04. The van der Waals surface area contributed by atoms with Gasteiger partial charge in [-0.05, 0) is 38.5 Å². The number of ether oxygens (including phenoxy) is 1. The van der Waals surface area contributed by atoms with E-state index in [0.717, 1.165) is 23.6 Å². The Morgan fingerprint density at radius 1 is 1.17 bits per heavy atom. The van der Waals surface area contributed by atoms with E-state index < -0.39 is 10.0 Å². The predicted octanol–water partition coefficient (Wildman–Crippen LogP) is 2.28. The quantitative estimate of drug-likeness (QED) is 0.848. The molecule has 128 valence electrons. The van der Waals surface area contributed by atoms with E-state index in [9.17, 15) is 8.42 Å². The van der Waals surface area contributed by atoms with Crippen LogP contribution in [0, 0.1) is 13.8 Å². The van der Waals surface area contributed by atoms with Crippen LogP contribution in [0.15, 0.2) is 35.2 Å². The number of methoxy groups -OCH3 is 1. The molecule has 0 unspecified atom stereocenters. The van der Waals surface area contributed by atoms with Gasteiger partial charge in [-0.25, -0.2) is 18.4 Å². The summed E-state index contributed by atoms with van der Waals surface area (Å²) in [6.45, 7) is 4.73. The van der Waals surface area contributed by atoms with Crippen molar-refractivity contribution < 1.29 is 13.2 Å². The van der Waals surface area contributed by atoms with Crippen molar-refractivity contribution in [1.82, 2.24) is 14.3 Å². The first-order valence-corrected chi connectivity index (χ1v) is 9.30. The smallest absolute Gasteiger partial charge is 0.243 e. The zero-order valence-corrected chi connectivity index (χ0v) is 14.9. The molecule has 1 aliphatic rings. The van der Waals surface area contributed by atoms with Gasteiger partial charge in [0.1, 0.15) is 11.6 Å². The molecule has 3 rings (SSSR count). The van der Waals surface area contributed by atoms with Crippen molar-refractivity contribution in [2.75, 3.05) is 20.2 Å². The van der Waals surface area contributed by atoms with Crippen molar-refractivity contribution in [3.8, 4) is 5.75 Å². The second kappa shape index (κ2) is 6.49. The number of hydrogen-bond acceptors (Lipinski definition) is 5. The number of aryl methyl sites for hydroxylation is 2. The fourth-order valence-corrected chi connectivity index (χ4v) is 4.54. The highest BCUT2D eigenvalue weighted by molar-refractivity contribution is 7.89. The van der Waals surface area contributed by atoms with Crippen LogP contribution in [-0.2, 0) is 10.0 Å². The molecule has 2 aromatic rings. The number of hydrogen-bond donors (Lipinski definition) is 0. The Bertz CT molecular complexity index is 832. The Labute approximate surface area is 142 Å². The van der Waals surface area contributed by atoms with Gasteiger partial charge in [-0.15, -0.1) is 0 Å². The minimum absolute atomic E-state index is 0.0315. The highest BCUT2D eigenvalue weighted by atomic mass is 32.2. The molecule has 0 N–H and O–H groups in total. The molecular weight excluding hydrogens is 326 g/mol. The van der Waals surface area contributed by atoms with Crippen LogP contribution in [0.3, 0.4) is 0 Å².